The van der Waals surface area contributed by atoms with E-state index in [-0.39, 0.29) is 21.4 Å². The Labute approximate surface area is 168 Å². The number of hydrazine groups is 1. The summed E-state index contributed by atoms with van der Waals surface area (Å²) in [5.41, 5.74) is 3.82. The minimum absolute atomic E-state index is 0.0549. The van der Waals surface area contributed by atoms with Crippen molar-refractivity contribution in [2.45, 2.75) is 13.0 Å². The third-order valence-corrected chi connectivity index (χ3v) is 4.12. The quantitative estimate of drug-likeness (QED) is 0.552. The molecule has 0 saturated carbocycles. The van der Waals surface area contributed by atoms with Crippen molar-refractivity contribution < 1.29 is 19.2 Å². The molecule has 2 aromatic carbocycles. The predicted octanol–water partition coefficient (Wildman–Crippen LogP) is 3.78. The molecule has 0 bridgehead atoms. The van der Waals surface area contributed by atoms with E-state index in [0.29, 0.717) is 5.02 Å². The number of nitro groups is 1. The summed E-state index contributed by atoms with van der Waals surface area (Å²) in [5.74, 6) is -1.19. The smallest absolute Gasteiger partial charge is 0.288 e. The van der Waals surface area contributed by atoms with Gasteiger partial charge in [-0.25, -0.2) is 0 Å². The molecule has 0 saturated heterocycles. The van der Waals surface area contributed by atoms with Crippen LogP contribution in [0.25, 0.3) is 0 Å². The average molecular weight is 433 g/mol. The molecular weight excluding hydrogens is 421 g/mol. The third-order valence-electron chi connectivity index (χ3n) is 3.27. The van der Waals surface area contributed by atoms with E-state index in [0.717, 1.165) is 6.07 Å². The van der Waals surface area contributed by atoms with Gasteiger partial charge in [-0.1, -0.05) is 34.8 Å². The van der Waals surface area contributed by atoms with Crippen LogP contribution in [0.2, 0.25) is 15.1 Å². The zero-order valence-electron chi connectivity index (χ0n) is 13.7. The largest absolute Gasteiger partial charge is 0.479 e. The first-order valence-corrected chi connectivity index (χ1v) is 8.48. The molecule has 0 aromatic heterocycles. The van der Waals surface area contributed by atoms with E-state index in [1.165, 1.54) is 31.2 Å². The Balaban J connectivity index is 1.97. The number of ether oxygens (including phenoxy) is 1. The third kappa shape index (κ3) is 5.46. The number of hydrogen-bond donors (Lipinski definition) is 2. The fourth-order valence-corrected chi connectivity index (χ4v) is 2.54. The summed E-state index contributed by atoms with van der Waals surface area (Å²) in [7, 11) is 0. The van der Waals surface area contributed by atoms with Gasteiger partial charge in [0.15, 0.2) is 6.10 Å². The summed E-state index contributed by atoms with van der Waals surface area (Å²) in [6, 6.07) is 7.99. The predicted molar refractivity (Wildman–Crippen MR) is 100 cm³/mol. The van der Waals surface area contributed by atoms with Crippen molar-refractivity contribution in [3.8, 4) is 5.75 Å². The van der Waals surface area contributed by atoms with Gasteiger partial charge in [-0.2, -0.15) is 0 Å². The molecule has 2 rings (SSSR count). The van der Waals surface area contributed by atoms with E-state index >= 15 is 0 Å². The lowest BCUT2D eigenvalue weighted by atomic mass is 10.2. The number of halogens is 3. The second-order valence-corrected chi connectivity index (χ2v) is 6.45. The van der Waals surface area contributed by atoms with Gasteiger partial charge in [0.25, 0.3) is 17.5 Å². The molecule has 142 valence electrons. The Hall–Kier alpha value is -2.55. The normalized spacial score (nSPS) is 11.4. The Morgan fingerprint density at radius 1 is 1.07 bits per heavy atom. The number of benzene rings is 2. The molecule has 11 heteroatoms. The first-order chi connectivity index (χ1) is 12.7. The Kier molecular flexibility index (Phi) is 6.84. The molecule has 0 aliphatic heterocycles. The number of nitrogens with zero attached hydrogens (tertiary/aromatic N) is 1. The van der Waals surface area contributed by atoms with Crippen molar-refractivity contribution in [3.63, 3.8) is 0 Å². The molecule has 0 aliphatic carbocycles. The highest BCUT2D eigenvalue weighted by Crippen LogP contribution is 2.28. The fourth-order valence-electron chi connectivity index (χ4n) is 1.90. The Bertz CT molecular complexity index is 907. The van der Waals surface area contributed by atoms with E-state index in [4.69, 9.17) is 39.5 Å². The zero-order chi connectivity index (χ0) is 20.1. The first-order valence-electron chi connectivity index (χ1n) is 7.35. The van der Waals surface area contributed by atoms with Crippen LogP contribution >= 0.6 is 34.8 Å². The molecule has 0 radical (unpaired) electrons. The van der Waals surface area contributed by atoms with Gasteiger partial charge in [0.1, 0.15) is 10.8 Å². The van der Waals surface area contributed by atoms with Crippen molar-refractivity contribution in [3.05, 3.63) is 67.1 Å². The number of carbonyl (C=O) groups excluding carboxylic acids is 2. The molecule has 1 atom stereocenters. The highest BCUT2D eigenvalue weighted by molar-refractivity contribution is 6.35. The van der Waals surface area contributed by atoms with Gasteiger partial charge in [0.2, 0.25) is 0 Å². The van der Waals surface area contributed by atoms with E-state index < -0.39 is 28.5 Å². The van der Waals surface area contributed by atoms with Crippen molar-refractivity contribution >= 4 is 52.3 Å². The molecule has 0 aliphatic rings. The molecule has 27 heavy (non-hydrogen) atoms. The summed E-state index contributed by atoms with van der Waals surface area (Å²) in [6.45, 7) is 1.44. The molecule has 8 nitrogen and oxygen atoms in total. The Morgan fingerprint density at radius 2 is 1.78 bits per heavy atom. The minimum Gasteiger partial charge on any atom is -0.479 e. The minimum atomic E-state index is -0.997. The van der Waals surface area contributed by atoms with Crippen LogP contribution < -0.4 is 15.6 Å². The lowest BCUT2D eigenvalue weighted by Gasteiger charge is -2.16. The first kappa shape index (κ1) is 20.8. The number of nitro benzene ring substituents is 1. The van der Waals surface area contributed by atoms with E-state index in [1.807, 2.05) is 0 Å². The highest BCUT2D eigenvalue weighted by Gasteiger charge is 2.19. The lowest BCUT2D eigenvalue weighted by Crippen LogP contribution is -2.47. The van der Waals surface area contributed by atoms with Gasteiger partial charge in [0.05, 0.1) is 9.95 Å². The van der Waals surface area contributed by atoms with Crippen LogP contribution in [0.1, 0.15) is 17.3 Å². The van der Waals surface area contributed by atoms with Gasteiger partial charge in [-0.3, -0.25) is 30.6 Å². The van der Waals surface area contributed by atoms with Crippen LogP contribution in [-0.2, 0) is 4.79 Å². The molecule has 2 aromatic rings. The van der Waals surface area contributed by atoms with E-state index in [2.05, 4.69) is 10.9 Å². The molecule has 2 amide bonds. The number of nitrogens with one attached hydrogen (secondary N) is 2. The highest BCUT2D eigenvalue weighted by atomic mass is 35.5. The maximum absolute atomic E-state index is 12.0. The molecule has 0 spiro atoms. The topological polar surface area (TPSA) is 111 Å². The van der Waals surface area contributed by atoms with Crippen LogP contribution in [-0.4, -0.2) is 22.8 Å². The van der Waals surface area contributed by atoms with Crippen LogP contribution in [0.15, 0.2) is 36.4 Å². The van der Waals surface area contributed by atoms with Crippen LogP contribution in [0.4, 0.5) is 5.69 Å². The molecule has 0 heterocycles. The summed E-state index contributed by atoms with van der Waals surface area (Å²) >= 11 is 17.4. The Morgan fingerprint density at radius 3 is 2.41 bits per heavy atom. The number of hydrogen-bond acceptors (Lipinski definition) is 5. The monoisotopic (exact) mass is 431 g/mol. The van der Waals surface area contributed by atoms with Gasteiger partial charge >= 0.3 is 0 Å². The van der Waals surface area contributed by atoms with Crippen LogP contribution in [0.5, 0.6) is 5.75 Å². The van der Waals surface area contributed by atoms with Gasteiger partial charge in [-0.05, 0) is 37.3 Å². The second-order valence-electron chi connectivity index (χ2n) is 5.20. The van der Waals surface area contributed by atoms with Crippen molar-refractivity contribution in [1.29, 1.82) is 0 Å². The molecular formula is C16H12Cl3N3O5. The summed E-state index contributed by atoms with van der Waals surface area (Å²) in [4.78, 5) is 34.2. The molecule has 1 unspecified atom stereocenters. The van der Waals surface area contributed by atoms with Crippen LogP contribution in [0.3, 0.4) is 0 Å². The van der Waals surface area contributed by atoms with Gasteiger partial charge < -0.3 is 4.74 Å². The fraction of sp³-hybridized carbons (Fsp3) is 0.125. The number of rotatable bonds is 5. The maximum Gasteiger partial charge on any atom is 0.288 e. The number of carbonyl (C=O) groups is 2. The van der Waals surface area contributed by atoms with Gasteiger partial charge in [-0.15, -0.1) is 0 Å². The molecule has 2 N–H and O–H groups in total. The van der Waals surface area contributed by atoms with E-state index in [9.17, 15) is 19.7 Å². The SMILES string of the molecule is CC(Oc1ccc(Cl)cc1Cl)C(=O)NNC(=O)c1ccc(Cl)c([N+](=O)[O-])c1. The molecule has 0 fully saturated rings. The van der Waals surface area contributed by atoms with Crippen molar-refractivity contribution in [1.82, 2.24) is 10.9 Å². The average Bonchev–Trinajstić information content (AvgIpc) is 2.61. The van der Waals surface area contributed by atoms with Crippen LogP contribution in [0, 0.1) is 10.1 Å². The zero-order valence-corrected chi connectivity index (χ0v) is 15.9. The number of amides is 2. The summed E-state index contributed by atoms with van der Waals surface area (Å²) in [6.07, 6.45) is -0.997. The van der Waals surface area contributed by atoms with Crippen molar-refractivity contribution in [2.24, 2.45) is 0 Å². The lowest BCUT2D eigenvalue weighted by molar-refractivity contribution is -0.384. The second kappa shape index (κ2) is 8.90. The maximum atomic E-state index is 12.0. The standard InChI is InChI=1S/C16H12Cl3N3O5/c1-8(27-14-5-3-10(17)7-12(14)19)15(23)20-21-16(24)9-2-4-11(18)13(6-9)22(25)26/h2-8H,1H3,(H,20,23)(H,21,24). The summed E-state index contributed by atoms with van der Waals surface area (Å²) < 4.78 is 5.41. The van der Waals surface area contributed by atoms with E-state index in [1.54, 1.807) is 6.07 Å². The van der Waals surface area contributed by atoms with Crippen molar-refractivity contribution in [2.75, 3.05) is 0 Å². The summed E-state index contributed by atoms with van der Waals surface area (Å²) in [5, 5.41) is 11.4. The van der Waals surface area contributed by atoms with Gasteiger partial charge in [0, 0.05) is 16.7 Å².